The van der Waals surface area contributed by atoms with Crippen LogP contribution in [0, 0.1) is 12.8 Å². The zero-order valence-electron chi connectivity index (χ0n) is 15.7. The summed E-state index contributed by atoms with van der Waals surface area (Å²) in [6, 6.07) is 11.4. The first kappa shape index (κ1) is 17.8. The number of nitrogens with zero attached hydrogens (tertiary/aromatic N) is 1. The van der Waals surface area contributed by atoms with E-state index in [9.17, 15) is 9.59 Å². The maximum Gasteiger partial charge on any atom is 0.251 e. The van der Waals surface area contributed by atoms with Crippen LogP contribution >= 0.6 is 0 Å². The Bertz CT molecular complexity index is 818. The van der Waals surface area contributed by atoms with Crippen molar-refractivity contribution < 1.29 is 14.0 Å². The average Bonchev–Trinajstić information content (AvgIpc) is 3.43. The fourth-order valence-electron chi connectivity index (χ4n) is 4.18. The summed E-state index contributed by atoms with van der Waals surface area (Å²) < 4.78 is 5.62. The Labute approximate surface area is 159 Å². The summed E-state index contributed by atoms with van der Waals surface area (Å²) in [5.74, 6) is 1.95. The molecule has 0 radical (unpaired) electrons. The number of hydrogen-bond donors (Lipinski definition) is 1. The van der Waals surface area contributed by atoms with Gasteiger partial charge in [-0.05, 0) is 63.3 Å². The Balaban J connectivity index is 1.33. The minimum absolute atomic E-state index is 0.0676. The van der Waals surface area contributed by atoms with Gasteiger partial charge in [0.25, 0.3) is 5.91 Å². The zero-order valence-corrected chi connectivity index (χ0v) is 15.7. The van der Waals surface area contributed by atoms with E-state index in [1.165, 1.54) is 0 Å². The molecule has 5 nitrogen and oxygen atoms in total. The van der Waals surface area contributed by atoms with Crippen molar-refractivity contribution in [2.24, 2.45) is 5.92 Å². The molecular formula is C22H26N2O3. The molecule has 1 aliphatic carbocycles. The molecule has 1 saturated carbocycles. The molecule has 4 rings (SSSR count). The van der Waals surface area contributed by atoms with Gasteiger partial charge >= 0.3 is 0 Å². The number of hydrogen-bond acceptors (Lipinski definition) is 3. The molecule has 1 aromatic carbocycles. The molecule has 1 N–H and O–H groups in total. The van der Waals surface area contributed by atoms with Crippen molar-refractivity contribution in [2.45, 2.75) is 45.1 Å². The molecule has 2 fully saturated rings. The van der Waals surface area contributed by atoms with Crippen LogP contribution in [-0.2, 0) is 4.79 Å². The molecule has 1 aliphatic heterocycles. The molecule has 142 valence electrons. The van der Waals surface area contributed by atoms with Crippen molar-refractivity contribution in [3.63, 3.8) is 0 Å². The van der Waals surface area contributed by atoms with Crippen LogP contribution in [0.25, 0.3) is 11.3 Å². The predicted molar refractivity (Wildman–Crippen MR) is 103 cm³/mol. The van der Waals surface area contributed by atoms with Crippen LogP contribution in [0.3, 0.4) is 0 Å². The van der Waals surface area contributed by atoms with E-state index in [0.29, 0.717) is 5.56 Å². The van der Waals surface area contributed by atoms with Gasteiger partial charge in [0.05, 0.1) is 0 Å². The minimum atomic E-state index is -0.0727. The minimum Gasteiger partial charge on any atom is -0.461 e. The zero-order chi connectivity index (χ0) is 18.8. The molecule has 2 aromatic rings. The van der Waals surface area contributed by atoms with E-state index in [-0.39, 0.29) is 23.8 Å². The Kier molecular flexibility index (Phi) is 5.01. The molecule has 1 saturated heterocycles. The van der Waals surface area contributed by atoms with Crippen LogP contribution in [0.4, 0.5) is 0 Å². The number of benzene rings is 1. The van der Waals surface area contributed by atoms with Crippen molar-refractivity contribution in [3.05, 3.63) is 47.7 Å². The highest BCUT2D eigenvalue weighted by molar-refractivity contribution is 5.95. The van der Waals surface area contributed by atoms with Crippen LogP contribution in [0.2, 0.25) is 0 Å². The second-order valence-corrected chi connectivity index (χ2v) is 7.70. The smallest absolute Gasteiger partial charge is 0.251 e. The summed E-state index contributed by atoms with van der Waals surface area (Å²) in [6.45, 7) is 3.70. The highest BCUT2D eigenvalue weighted by atomic mass is 16.3. The van der Waals surface area contributed by atoms with E-state index in [1.807, 2.05) is 48.2 Å². The lowest BCUT2D eigenvalue weighted by atomic mass is 10.1. The van der Waals surface area contributed by atoms with E-state index in [0.717, 1.165) is 62.3 Å². The molecule has 0 bridgehead atoms. The van der Waals surface area contributed by atoms with Gasteiger partial charge in [0.2, 0.25) is 5.91 Å². The van der Waals surface area contributed by atoms with Crippen LogP contribution in [0.5, 0.6) is 0 Å². The van der Waals surface area contributed by atoms with Gasteiger partial charge in [0, 0.05) is 36.2 Å². The van der Waals surface area contributed by atoms with Gasteiger partial charge in [0.1, 0.15) is 11.5 Å². The Morgan fingerprint density at radius 3 is 2.44 bits per heavy atom. The second kappa shape index (κ2) is 7.59. The van der Waals surface area contributed by atoms with Gasteiger partial charge in [-0.25, -0.2) is 0 Å². The number of furan rings is 1. The molecule has 5 heteroatoms. The summed E-state index contributed by atoms with van der Waals surface area (Å²) in [4.78, 5) is 27.1. The first-order valence-corrected chi connectivity index (χ1v) is 9.86. The van der Waals surface area contributed by atoms with Gasteiger partial charge in [0.15, 0.2) is 0 Å². The summed E-state index contributed by atoms with van der Waals surface area (Å²) in [6.07, 6.45) is 4.74. The van der Waals surface area contributed by atoms with E-state index >= 15 is 0 Å². The Morgan fingerprint density at radius 2 is 1.78 bits per heavy atom. The monoisotopic (exact) mass is 366 g/mol. The summed E-state index contributed by atoms with van der Waals surface area (Å²) in [5.41, 5.74) is 1.59. The summed E-state index contributed by atoms with van der Waals surface area (Å²) in [7, 11) is 0. The maximum absolute atomic E-state index is 12.6. The summed E-state index contributed by atoms with van der Waals surface area (Å²) in [5, 5.41) is 3.10. The van der Waals surface area contributed by atoms with Gasteiger partial charge in [-0.2, -0.15) is 0 Å². The molecule has 0 spiro atoms. The number of carbonyl (C=O) groups excluding carboxylic acids is 2. The molecular weight excluding hydrogens is 340 g/mol. The third kappa shape index (κ3) is 3.92. The molecule has 0 unspecified atom stereocenters. The normalized spacial score (nSPS) is 22.2. The lowest BCUT2D eigenvalue weighted by Gasteiger charge is -2.20. The van der Waals surface area contributed by atoms with Gasteiger partial charge in [-0.1, -0.05) is 12.1 Å². The highest BCUT2D eigenvalue weighted by Gasteiger charge is 2.34. The lowest BCUT2D eigenvalue weighted by Crippen LogP contribution is -2.36. The number of likely N-dealkylation sites (tertiary alicyclic amines) is 1. The number of rotatable bonds is 4. The number of aryl methyl sites for hydroxylation is 1. The van der Waals surface area contributed by atoms with Crippen molar-refractivity contribution >= 4 is 11.8 Å². The van der Waals surface area contributed by atoms with Crippen molar-refractivity contribution in [3.8, 4) is 11.3 Å². The standard InChI is InChI=1S/C22H26N2O3/c1-15-4-11-20(27-15)16-5-7-17(8-6-16)21(25)23-19-10-9-18(14-19)22(26)24-12-2-3-13-24/h4-8,11,18-19H,2-3,9-10,12-14H2,1H3,(H,23,25)/t18-,19+/m0/s1. The molecule has 2 amide bonds. The maximum atomic E-state index is 12.6. The fraction of sp³-hybridized carbons (Fsp3) is 0.455. The number of amides is 2. The van der Waals surface area contributed by atoms with Crippen molar-refractivity contribution in [1.82, 2.24) is 10.2 Å². The Morgan fingerprint density at radius 1 is 1.04 bits per heavy atom. The second-order valence-electron chi connectivity index (χ2n) is 7.70. The quantitative estimate of drug-likeness (QED) is 0.896. The van der Waals surface area contributed by atoms with Gasteiger partial charge in [-0.15, -0.1) is 0 Å². The molecule has 2 atom stereocenters. The van der Waals surface area contributed by atoms with Crippen LogP contribution in [0.1, 0.15) is 48.2 Å². The molecule has 2 heterocycles. The first-order valence-electron chi connectivity index (χ1n) is 9.86. The first-order chi connectivity index (χ1) is 13.1. The van der Waals surface area contributed by atoms with Crippen LogP contribution in [-0.4, -0.2) is 35.8 Å². The highest BCUT2D eigenvalue weighted by Crippen LogP contribution is 2.29. The van der Waals surface area contributed by atoms with E-state index in [4.69, 9.17) is 4.42 Å². The fourth-order valence-corrected chi connectivity index (χ4v) is 4.18. The van der Waals surface area contributed by atoms with Gasteiger partial charge < -0.3 is 14.6 Å². The third-order valence-corrected chi connectivity index (χ3v) is 5.71. The number of nitrogens with one attached hydrogen (secondary N) is 1. The van der Waals surface area contributed by atoms with E-state index in [2.05, 4.69) is 5.32 Å². The number of carbonyl (C=O) groups is 2. The SMILES string of the molecule is Cc1ccc(-c2ccc(C(=O)N[C@@H]3CC[C@H](C(=O)N4CCCC4)C3)cc2)o1. The van der Waals surface area contributed by atoms with Crippen LogP contribution < -0.4 is 5.32 Å². The van der Waals surface area contributed by atoms with Crippen molar-refractivity contribution in [2.75, 3.05) is 13.1 Å². The lowest BCUT2D eigenvalue weighted by molar-refractivity contribution is -0.134. The topological polar surface area (TPSA) is 62.6 Å². The largest absolute Gasteiger partial charge is 0.461 e. The molecule has 1 aromatic heterocycles. The molecule has 27 heavy (non-hydrogen) atoms. The third-order valence-electron chi connectivity index (χ3n) is 5.71. The molecule has 2 aliphatic rings. The Hall–Kier alpha value is -2.56. The van der Waals surface area contributed by atoms with E-state index < -0.39 is 0 Å². The van der Waals surface area contributed by atoms with E-state index in [1.54, 1.807) is 0 Å². The van der Waals surface area contributed by atoms with Crippen molar-refractivity contribution in [1.29, 1.82) is 0 Å². The average molecular weight is 366 g/mol. The van der Waals surface area contributed by atoms with Crippen LogP contribution in [0.15, 0.2) is 40.8 Å². The van der Waals surface area contributed by atoms with Gasteiger partial charge in [-0.3, -0.25) is 9.59 Å². The predicted octanol–water partition coefficient (Wildman–Crippen LogP) is 3.78. The summed E-state index contributed by atoms with van der Waals surface area (Å²) >= 11 is 0.